The molecule has 0 aliphatic carbocycles. The van der Waals surface area contributed by atoms with Gasteiger partial charge in [0.25, 0.3) is 5.91 Å². The number of amides is 1. The maximum atomic E-state index is 12.1. The smallest absolute Gasteiger partial charge is 0.332 e. The van der Waals surface area contributed by atoms with Crippen molar-refractivity contribution in [2.45, 2.75) is 37.5 Å². The molecule has 2 rings (SSSR count). The summed E-state index contributed by atoms with van der Waals surface area (Å²) in [6, 6.07) is -0.329. The summed E-state index contributed by atoms with van der Waals surface area (Å²) in [6.45, 7) is 0. The fourth-order valence-electron chi connectivity index (χ4n) is 2.49. The molecule has 2 saturated heterocycles. The summed E-state index contributed by atoms with van der Waals surface area (Å²) >= 11 is 0. The van der Waals surface area contributed by atoms with E-state index >= 15 is 0 Å². The second kappa shape index (κ2) is 5.09. The average molecular weight is 291 g/mol. The number of aliphatic carboxylic acids is 1. The number of ether oxygens (including phenoxy) is 1. The third-order valence-electron chi connectivity index (χ3n) is 3.67. The highest BCUT2D eigenvalue weighted by Gasteiger charge is 2.39. The summed E-state index contributed by atoms with van der Waals surface area (Å²) < 4.78 is 27.9. The first-order valence-corrected chi connectivity index (χ1v) is 7.97. The molecule has 0 bridgehead atoms. The quantitative estimate of drug-likeness (QED) is 0.735. The molecule has 0 spiro atoms. The van der Waals surface area contributed by atoms with Gasteiger partial charge in [0.2, 0.25) is 0 Å². The van der Waals surface area contributed by atoms with E-state index in [0.717, 1.165) is 0 Å². The highest BCUT2D eigenvalue weighted by Crippen LogP contribution is 2.24. The van der Waals surface area contributed by atoms with Gasteiger partial charge in [-0.2, -0.15) is 0 Å². The van der Waals surface area contributed by atoms with Gasteiger partial charge in [-0.3, -0.25) is 4.79 Å². The van der Waals surface area contributed by atoms with E-state index in [1.165, 1.54) is 4.90 Å². The number of carbonyl (C=O) groups is 2. The SMILES string of the molecule is CN(C(=O)[C@@H]1CC[C@H](C(=O)O)O1)C1CCS(=O)(=O)C1. The number of carbonyl (C=O) groups excluding carboxylic acids is 1. The van der Waals surface area contributed by atoms with Crippen LogP contribution in [0.2, 0.25) is 0 Å². The Morgan fingerprint density at radius 3 is 2.32 bits per heavy atom. The summed E-state index contributed by atoms with van der Waals surface area (Å²) in [4.78, 5) is 24.3. The minimum atomic E-state index is -3.05. The Morgan fingerprint density at radius 2 is 1.84 bits per heavy atom. The van der Waals surface area contributed by atoms with Crippen LogP contribution in [0.3, 0.4) is 0 Å². The molecule has 1 amide bonds. The second-order valence-electron chi connectivity index (χ2n) is 5.03. The van der Waals surface area contributed by atoms with Gasteiger partial charge in [-0.25, -0.2) is 13.2 Å². The van der Waals surface area contributed by atoms with Gasteiger partial charge in [-0.05, 0) is 19.3 Å². The van der Waals surface area contributed by atoms with Crippen molar-refractivity contribution < 1.29 is 27.9 Å². The lowest BCUT2D eigenvalue weighted by Crippen LogP contribution is -2.43. The molecule has 8 heteroatoms. The van der Waals surface area contributed by atoms with Crippen LogP contribution in [0.25, 0.3) is 0 Å². The summed E-state index contributed by atoms with van der Waals surface area (Å²) in [6.07, 6.45) is -0.606. The minimum absolute atomic E-state index is 0.0235. The summed E-state index contributed by atoms with van der Waals surface area (Å²) in [5.41, 5.74) is 0. The Hall–Kier alpha value is -1.15. The maximum Gasteiger partial charge on any atom is 0.332 e. The van der Waals surface area contributed by atoms with E-state index in [-0.39, 0.29) is 23.5 Å². The van der Waals surface area contributed by atoms with Crippen LogP contribution in [0.1, 0.15) is 19.3 Å². The van der Waals surface area contributed by atoms with Crippen LogP contribution in [-0.2, 0) is 24.2 Å². The zero-order valence-electron chi connectivity index (χ0n) is 10.6. The van der Waals surface area contributed by atoms with Gasteiger partial charge in [-0.15, -0.1) is 0 Å². The van der Waals surface area contributed by atoms with Crippen molar-refractivity contribution in [1.29, 1.82) is 0 Å². The molecule has 0 saturated carbocycles. The first-order valence-electron chi connectivity index (χ1n) is 6.15. The summed E-state index contributed by atoms with van der Waals surface area (Å²) in [5.74, 6) is -1.32. The molecular weight excluding hydrogens is 274 g/mol. The monoisotopic (exact) mass is 291 g/mol. The number of likely N-dealkylation sites (N-methyl/N-ethyl adjacent to an activating group) is 1. The van der Waals surface area contributed by atoms with E-state index in [1.54, 1.807) is 7.05 Å². The normalized spacial score (nSPS) is 33.2. The highest BCUT2D eigenvalue weighted by molar-refractivity contribution is 7.91. The number of carboxylic acid groups (broad SMARTS) is 1. The van der Waals surface area contributed by atoms with Crippen molar-refractivity contribution in [3.8, 4) is 0 Å². The Balaban J connectivity index is 1.95. The van der Waals surface area contributed by atoms with Gasteiger partial charge < -0.3 is 14.7 Å². The number of carboxylic acids is 1. The molecule has 108 valence electrons. The standard InChI is InChI=1S/C11H17NO6S/c1-12(7-4-5-19(16,17)6-7)10(13)8-2-3-9(18-8)11(14)15/h7-9H,2-6H2,1H3,(H,14,15)/t7?,8-,9+/m0/s1. The molecular formula is C11H17NO6S. The van der Waals surface area contributed by atoms with Gasteiger partial charge in [0.15, 0.2) is 15.9 Å². The molecule has 0 aromatic heterocycles. The predicted molar refractivity (Wildman–Crippen MR) is 65.4 cm³/mol. The lowest BCUT2D eigenvalue weighted by molar-refractivity contribution is -0.154. The van der Waals surface area contributed by atoms with Gasteiger partial charge in [0, 0.05) is 13.1 Å². The molecule has 2 heterocycles. The second-order valence-corrected chi connectivity index (χ2v) is 7.26. The van der Waals surface area contributed by atoms with E-state index in [9.17, 15) is 18.0 Å². The predicted octanol–water partition coefficient (Wildman–Crippen LogP) is -0.736. The average Bonchev–Trinajstić information content (AvgIpc) is 2.93. The number of sulfone groups is 1. The van der Waals surface area contributed by atoms with Crippen molar-refractivity contribution in [3.05, 3.63) is 0 Å². The number of hydrogen-bond acceptors (Lipinski definition) is 5. The van der Waals surface area contributed by atoms with E-state index in [1.807, 2.05) is 0 Å². The molecule has 1 unspecified atom stereocenters. The van der Waals surface area contributed by atoms with Crippen molar-refractivity contribution >= 4 is 21.7 Å². The van der Waals surface area contributed by atoms with Crippen LogP contribution in [0.15, 0.2) is 0 Å². The van der Waals surface area contributed by atoms with E-state index < -0.39 is 28.0 Å². The highest BCUT2D eigenvalue weighted by atomic mass is 32.2. The van der Waals surface area contributed by atoms with E-state index in [4.69, 9.17) is 9.84 Å². The summed E-state index contributed by atoms with van der Waals surface area (Å²) in [7, 11) is -1.50. The number of nitrogens with zero attached hydrogens (tertiary/aromatic N) is 1. The van der Waals surface area contributed by atoms with E-state index in [0.29, 0.717) is 19.3 Å². The third kappa shape index (κ3) is 3.06. The van der Waals surface area contributed by atoms with Crippen LogP contribution in [0.4, 0.5) is 0 Å². The molecule has 0 aromatic rings. The van der Waals surface area contributed by atoms with Crippen LogP contribution >= 0.6 is 0 Å². The molecule has 1 N–H and O–H groups in total. The van der Waals surface area contributed by atoms with Gasteiger partial charge in [0.1, 0.15) is 6.10 Å². The number of rotatable bonds is 3. The zero-order valence-corrected chi connectivity index (χ0v) is 11.4. The maximum absolute atomic E-state index is 12.1. The topological polar surface area (TPSA) is 101 Å². The van der Waals surface area contributed by atoms with Crippen molar-refractivity contribution in [1.82, 2.24) is 4.90 Å². The molecule has 19 heavy (non-hydrogen) atoms. The van der Waals surface area contributed by atoms with Crippen LogP contribution in [-0.4, -0.2) is 67.1 Å². The fraction of sp³-hybridized carbons (Fsp3) is 0.818. The van der Waals surface area contributed by atoms with Gasteiger partial charge in [-0.1, -0.05) is 0 Å². The molecule has 2 aliphatic rings. The zero-order chi connectivity index (χ0) is 14.2. The van der Waals surface area contributed by atoms with Crippen LogP contribution < -0.4 is 0 Å². The van der Waals surface area contributed by atoms with Crippen LogP contribution in [0.5, 0.6) is 0 Å². The largest absolute Gasteiger partial charge is 0.479 e. The summed E-state index contributed by atoms with van der Waals surface area (Å²) in [5, 5.41) is 8.80. The van der Waals surface area contributed by atoms with Crippen LogP contribution in [0, 0.1) is 0 Å². The lowest BCUT2D eigenvalue weighted by atomic mass is 10.1. The van der Waals surface area contributed by atoms with Crippen molar-refractivity contribution in [2.75, 3.05) is 18.6 Å². The Kier molecular flexibility index (Phi) is 3.82. The van der Waals surface area contributed by atoms with Crippen molar-refractivity contribution in [2.24, 2.45) is 0 Å². The third-order valence-corrected chi connectivity index (χ3v) is 5.42. The molecule has 3 atom stereocenters. The fourth-order valence-corrected chi connectivity index (χ4v) is 4.26. The molecule has 2 fully saturated rings. The van der Waals surface area contributed by atoms with Crippen molar-refractivity contribution in [3.63, 3.8) is 0 Å². The van der Waals surface area contributed by atoms with Gasteiger partial charge >= 0.3 is 5.97 Å². The molecule has 2 aliphatic heterocycles. The molecule has 0 radical (unpaired) electrons. The minimum Gasteiger partial charge on any atom is -0.479 e. The number of hydrogen-bond donors (Lipinski definition) is 1. The molecule has 0 aromatic carbocycles. The Labute approximate surface area is 111 Å². The lowest BCUT2D eigenvalue weighted by Gasteiger charge is -2.26. The first-order chi connectivity index (χ1) is 8.80. The Bertz CT molecular complexity index is 487. The van der Waals surface area contributed by atoms with Gasteiger partial charge in [0.05, 0.1) is 11.5 Å². The van der Waals surface area contributed by atoms with E-state index in [2.05, 4.69) is 0 Å². The Morgan fingerprint density at radius 1 is 1.21 bits per heavy atom. The first kappa shape index (κ1) is 14.3. The molecule has 7 nitrogen and oxygen atoms in total.